The second-order valence-electron chi connectivity index (χ2n) is 4.12. The van der Waals surface area contributed by atoms with E-state index in [4.69, 9.17) is 4.42 Å². The topological polar surface area (TPSA) is 126 Å². The van der Waals surface area contributed by atoms with Crippen molar-refractivity contribution >= 4 is 23.6 Å². The van der Waals surface area contributed by atoms with Gasteiger partial charge in [0.05, 0.1) is 22.9 Å². The van der Waals surface area contributed by atoms with Gasteiger partial charge in [-0.1, -0.05) is 6.07 Å². The average molecular weight is 301 g/mol. The van der Waals surface area contributed by atoms with Crippen LogP contribution in [0.1, 0.15) is 16.1 Å². The summed E-state index contributed by atoms with van der Waals surface area (Å²) >= 11 is 0. The number of rotatable bonds is 5. The number of hydrogen-bond donors (Lipinski definition) is 1. The third kappa shape index (κ3) is 3.57. The van der Waals surface area contributed by atoms with Crippen molar-refractivity contribution in [3.05, 3.63) is 69.8 Å². The van der Waals surface area contributed by atoms with Crippen LogP contribution in [0.4, 0.5) is 5.69 Å². The number of benzene rings is 1. The molecule has 1 aromatic carbocycles. The average Bonchev–Trinajstić information content (AvgIpc) is 2.99. The number of amides is 1. The lowest BCUT2D eigenvalue weighted by Crippen LogP contribution is -2.35. The second kappa shape index (κ2) is 6.35. The molecule has 0 saturated heterocycles. The van der Waals surface area contributed by atoms with Crippen LogP contribution in [0.15, 0.2) is 52.8 Å². The van der Waals surface area contributed by atoms with Crippen molar-refractivity contribution in [3.8, 4) is 0 Å². The van der Waals surface area contributed by atoms with Gasteiger partial charge in [-0.3, -0.25) is 14.9 Å². The Hall–Kier alpha value is -3.42. The van der Waals surface area contributed by atoms with Crippen LogP contribution >= 0.6 is 0 Å². The van der Waals surface area contributed by atoms with E-state index in [0.717, 1.165) is 12.1 Å². The maximum absolute atomic E-state index is 12.0. The first-order chi connectivity index (χ1) is 10.5. The van der Waals surface area contributed by atoms with Gasteiger partial charge in [-0.2, -0.15) is 0 Å². The van der Waals surface area contributed by atoms with E-state index < -0.39 is 22.5 Å². The van der Waals surface area contributed by atoms with Gasteiger partial charge in [0.15, 0.2) is 0 Å². The summed E-state index contributed by atoms with van der Waals surface area (Å²) < 4.78 is 4.94. The summed E-state index contributed by atoms with van der Waals surface area (Å²) in [5.41, 5.74) is -0.857. The Morgan fingerprint density at radius 3 is 2.59 bits per heavy atom. The van der Waals surface area contributed by atoms with Crippen molar-refractivity contribution < 1.29 is 24.0 Å². The highest BCUT2D eigenvalue weighted by atomic mass is 16.6. The molecular weight excluding hydrogens is 292 g/mol. The minimum atomic E-state index is -1.62. The smallest absolute Gasteiger partial charge is 0.270 e. The van der Waals surface area contributed by atoms with Gasteiger partial charge in [-0.15, -0.1) is 0 Å². The summed E-state index contributed by atoms with van der Waals surface area (Å²) in [4.78, 5) is 33.0. The van der Waals surface area contributed by atoms with E-state index in [0.29, 0.717) is 0 Å². The Kier molecular flexibility index (Phi) is 4.33. The van der Waals surface area contributed by atoms with Crippen molar-refractivity contribution in [1.82, 2.24) is 5.32 Å². The first-order valence-corrected chi connectivity index (χ1v) is 6.00. The van der Waals surface area contributed by atoms with Gasteiger partial charge >= 0.3 is 0 Å². The number of non-ortho nitro benzene ring substituents is 1. The summed E-state index contributed by atoms with van der Waals surface area (Å²) in [6.07, 6.45) is 2.41. The van der Waals surface area contributed by atoms with Crippen LogP contribution < -0.4 is 10.4 Å². The van der Waals surface area contributed by atoms with Crippen molar-refractivity contribution in [1.29, 1.82) is 0 Å². The molecule has 0 aliphatic carbocycles. The Morgan fingerprint density at radius 2 is 2.00 bits per heavy atom. The molecule has 2 rings (SSSR count). The molecule has 22 heavy (non-hydrogen) atoms. The number of aliphatic carboxylic acids is 1. The number of nitro benzene ring substituents is 1. The third-order valence-electron chi connectivity index (χ3n) is 2.62. The fourth-order valence-corrected chi connectivity index (χ4v) is 1.62. The van der Waals surface area contributed by atoms with Crippen LogP contribution in [0.3, 0.4) is 0 Å². The largest absolute Gasteiger partial charge is 0.543 e. The quantitative estimate of drug-likeness (QED) is 0.492. The zero-order chi connectivity index (χ0) is 16.1. The number of furan rings is 1. The van der Waals surface area contributed by atoms with Gasteiger partial charge in [0.2, 0.25) is 0 Å². The minimum absolute atomic E-state index is 0.0548. The maximum atomic E-state index is 12.0. The number of carboxylic acids is 1. The first kappa shape index (κ1) is 15.0. The molecular formula is C14H9N2O6-. The normalized spacial score (nSPS) is 11.0. The Morgan fingerprint density at radius 1 is 1.23 bits per heavy atom. The number of carboxylic acid groups (broad SMARTS) is 1. The maximum Gasteiger partial charge on any atom is 0.270 e. The fourth-order valence-electron chi connectivity index (χ4n) is 1.62. The number of carbonyl (C=O) groups excluding carboxylic acids is 2. The summed E-state index contributed by atoms with van der Waals surface area (Å²) in [7, 11) is 0. The van der Waals surface area contributed by atoms with E-state index in [1.54, 1.807) is 6.07 Å². The molecule has 0 bridgehead atoms. The van der Waals surface area contributed by atoms with Crippen LogP contribution in [0.5, 0.6) is 0 Å². The molecule has 8 nitrogen and oxygen atoms in total. The number of nitrogens with zero attached hydrogens (tertiary/aromatic N) is 1. The predicted molar refractivity (Wildman–Crippen MR) is 72.3 cm³/mol. The Labute approximate surface area is 123 Å². The lowest BCUT2D eigenvalue weighted by molar-refractivity contribution is -0.384. The minimum Gasteiger partial charge on any atom is -0.543 e. The van der Waals surface area contributed by atoms with Gasteiger partial charge in [0, 0.05) is 23.8 Å². The SMILES string of the molecule is O=C([O-])/C(=C\c1ccco1)NC(=O)c1cccc([N+](=O)[O-])c1. The molecule has 2 aromatic rings. The third-order valence-corrected chi connectivity index (χ3v) is 2.62. The van der Waals surface area contributed by atoms with Gasteiger partial charge in [0.25, 0.3) is 11.6 Å². The summed E-state index contributed by atoms with van der Waals surface area (Å²) in [6, 6.07) is 7.93. The number of nitrogens with one attached hydrogen (secondary N) is 1. The molecule has 0 aliphatic heterocycles. The monoisotopic (exact) mass is 301 g/mol. The van der Waals surface area contributed by atoms with Crippen molar-refractivity contribution in [2.75, 3.05) is 0 Å². The molecule has 0 radical (unpaired) electrons. The van der Waals surface area contributed by atoms with E-state index >= 15 is 0 Å². The molecule has 0 fully saturated rings. The molecule has 0 atom stereocenters. The zero-order valence-electron chi connectivity index (χ0n) is 11.0. The lowest BCUT2D eigenvalue weighted by atomic mass is 10.2. The highest BCUT2D eigenvalue weighted by Crippen LogP contribution is 2.13. The van der Waals surface area contributed by atoms with Crippen molar-refractivity contribution in [2.45, 2.75) is 0 Å². The Bertz CT molecular complexity index is 748. The van der Waals surface area contributed by atoms with E-state index in [1.807, 2.05) is 0 Å². The van der Waals surface area contributed by atoms with Crippen LogP contribution in [0, 0.1) is 10.1 Å². The standard InChI is InChI=1S/C14H10N2O6/c17-13(9-3-1-4-10(7-9)16(20)21)15-12(14(18)19)8-11-5-2-6-22-11/h1-8H,(H,15,17)(H,18,19)/p-1/b12-8+. The molecule has 0 spiro atoms. The zero-order valence-corrected chi connectivity index (χ0v) is 11.0. The van der Waals surface area contributed by atoms with Gasteiger partial charge < -0.3 is 19.6 Å². The summed E-state index contributed by atoms with van der Waals surface area (Å²) in [6.45, 7) is 0. The van der Waals surface area contributed by atoms with E-state index in [-0.39, 0.29) is 17.0 Å². The van der Waals surface area contributed by atoms with E-state index in [2.05, 4.69) is 5.32 Å². The molecule has 0 aliphatic rings. The molecule has 1 heterocycles. The number of hydrogen-bond acceptors (Lipinski definition) is 6. The molecule has 112 valence electrons. The highest BCUT2D eigenvalue weighted by Gasteiger charge is 2.13. The van der Waals surface area contributed by atoms with Gasteiger partial charge in [-0.05, 0) is 18.2 Å². The highest BCUT2D eigenvalue weighted by molar-refractivity contribution is 6.02. The molecule has 1 aromatic heterocycles. The predicted octanol–water partition coefficient (Wildman–Crippen LogP) is 0.709. The summed E-state index contributed by atoms with van der Waals surface area (Å²) in [5.74, 6) is -2.22. The fraction of sp³-hybridized carbons (Fsp3) is 0. The van der Waals surface area contributed by atoms with E-state index in [9.17, 15) is 24.8 Å². The number of nitro groups is 1. The lowest BCUT2D eigenvalue weighted by Gasteiger charge is -2.10. The first-order valence-electron chi connectivity index (χ1n) is 6.00. The van der Waals surface area contributed by atoms with Crippen LogP contribution in [0.25, 0.3) is 6.08 Å². The number of carbonyl (C=O) groups is 2. The Balaban J connectivity index is 2.24. The summed E-state index contributed by atoms with van der Waals surface area (Å²) in [5, 5.41) is 23.8. The van der Waals surface area contributed by atoms with Gasteiger partial charge in [-0.25, -0.2) is 0 Å². The molecule has 0 saturated carbocycles. The van der Waals surface area contributed by atoms with E-state index in [1.165, 1.54) is 30.5 Å². The second-order valence-corrected chi connectivity index (χ2v) is 4.12. The molecule has 0 unspecified atom stereocenters. The molecule has 1 N–H and O–H groups in total. The van der Waals surface area contributed by atoms with Crippen molar-refractivity contribution in [3.63, 3.8) is 0 Å². The van der Waals surface area contributed by atoms with Crippen LogP contribution in [-0.4, -0.2) is 16.8 Å². The van der Waals surface area contributed by atoms with Crippen LogP contribution in [-0.2, 0) is 4.79 Å². The van der Waals surface area contributed by atoms with Crippen molar-refractivity contribution in [2.24, 2.45) is 0 Å². The molecule has 1 amide bonds. The van der Waals surface area contributed by atoms with Gasteiger partial charge in [0.1, 0.15) is 5.76 Å². The van der Waals surface area contributed by atoms with Crippen LogP contribution in [0.2, 0.25) is 0 Å². The molecule has 8 heteroatoms.